The van der Waals surface area contributed by atoms with Crippen molar-refractivity contribution in [3.05, 3.63) is 0 Å². The highest BCUT2D eigenvalue weighted by molar-refractivity contribution is 5.82. The van der Waals surface area contributed by atoms with Gasteiger partial charge in [0, 0.05) is 25.0 Å². The van der Waals surface area contributed by atoms with Crippen LogP contribution in [0.25, 0.3) is 0 Å². The SMILES string of the molecule is CCC(C)N(C)CCNC(=O)C1CC12CCNCC2. The van der Waals surface area contributed by atoms with Gasteiger partial charge in [-0.15, -0.1) is 0 Å². The minimum absolute atomic E-state index is 0.291. The molecule has 0 bridgehead atoms. The number of piperidine rings is 1. The van der Waals surface area contributed by atoms with Crippen molar-refractivity contribution in [1.29, 1.82) is 0 Å². The average Bonchev–Trinajstić information content (AvgIpc) is 3.11. The van der Waals surface area contributed by atoms with E-state index in [0.717, 1.165) is 39.0 Å². The van der Waals surface area contributed by atoms with Gasteiger partial charge in [0.05, 0.1) is 0 Å². The van der Waals surface area contributed by atoms with Gasteiger partial charge in [0.25, 0.3) is 0 Å². The molecular formula is C15H29N3O. The van der Waals surface area contributed by atoms with Crippen molar-refractivity contribution in [2.45, 2.75) is 45.6 Å². The number of amides is 1. The summed E-state index contributed by atoms with van der Waals surface area (Å²) in [5.41, 5.74) is 0.359. The predicted molar refractivity (Wildman–Crippen MR) is 78.0 cm³/mol. The van der Waals surface area contributed by atoms with E-state index < -0.39 is 0 Å². The fourth-order valence-electron chi connectivity index (χ4n) is 3.21. The predicted octanol–water partition coefficient (Wildman–Crippen LogP) is 1.22. The molecule has 1 saturated carbocycles. The standard InChI is InChI=1S/C15H29N3O/c1-4-12(2)18(3)10-9-17-14(19)13-11-15(13)5-7-16-8-6-15/h12-13,16H,4-11H2,1-3H3,(H,17,19). The van der Waals surface area contributed by atoms with Crippen LogP contribution < -0.4 is 10.6 Å². The van der Waals surface area contributed by atoms with Gasteiger partial charge in [-0.2, -0.15) is 0 Å². The molecular weight excluding hydrogens is 238 g/mol. The number of nitrogens with zero attached hydrogens (tertiary/aromatic N) is 1. The van der Waals surface area contributed by atoms with Crippen molar-refractivity contribution in [3.8, 4) is 0 Å². The average molecular weight is 267 g/mol. The summed E-state index contributed by atoms with van der Waals surface area (Å²) < 4.78 is 0. The first-order valence-electron chi connectivity index (χ1n) is 7.78. The van der Waals surface area contributed by atoms with Crippen molar-refractivity contribution < 1.29 is 4.79 Å². The Morgan fingerprint density at radius 3 is 2.79 bits per heavy atom. The van der Waals surface area contributed by atoms with E-state index in [0.29, 0.717) is 23.3 Å². The lowest BCUT2D eigenvalue weighted by atomic mass is 9.92. The molecule has 0 aromatic rings. The first kappa shape index (κ1) is 14.8. The van der Waals surface area contributed by atoms with E-state index in [1.807, 2.05) is 0 Å². The number of hydrogen-bond donors (Lipinski definition) is 2. The van der Waals surface area contributed by atoms with Crippen LogP contribution in [0.3, 0.4) is 0 Å². The first-order chi connectivity index (χ1) is 9.09. The highest BCUT2D eigenvalue weighted by Crippen LogP contribution is 2.58. The van der Waals surface area contributed by atoms with Crippen molar-refractivity contribution in [1.82, 2.24) is 15.5 Å². The Labute approximate surface area is 117 Å². The Morgan fingerprint density at radius 2 is 2.16 bits per heavy atom. The summed E-state index contributed by atoms with van der Waals surface area (Å²) in [5.74, 6) is 0.586. The molecule has 4 nitrogen and oxygen atoms in total. The fraction of sp³-hybridized carbons (Fsp3) is 0.933. The molecule has 1 heterocycles. The number of carbonyl (C=O) groups is 1. The Balaban J connectivity index is 1.66. The van der Waals surface area contributed by atoms with Crippen molar-refractivity contribution in [2.75, 3.05) is 33.2 Å². The minimum atomic E-state index is 0.291. The van der Waals surface area contributed by atoms with Crippen molar-refractivity contribution >= 4 is 5.91 Å². The second-order valence-electron chi connectivity index (χ2n) is 6.40. The largest absolute Gasteiger partial charge is 0.355 e. The van der Waals surface area contributed by atoms with Gasteiger partial charge in [-0.3, -0.25) is 4.79 Å². The van der Waals surface area contributed by atoms with E-state index in [4.69, 9.17) is 0 Å². The van der Waals surface area contributed by atoms with Gasteiger partial charge in [-0.25, -0.2) is 0 Å². The lowest BCUT2D eigenvalue weighted by Crippen LogP contribution is -2.39. The van der Waals surface area contributed by atoms with Crippen LogP contribution in [0, 0.1) is 11.3 Å². The lowest BCUT2D eigenvalue weighted by molar-refractivity contribution is -0.123. The Kier molecular flexibility index (Phi) is 4.85. The quantitative estimate of drug-likeness (QED) is 0.760. The zero-order valence-electron chi connectivity index (χ0n) is 12.7. The van der Waals surface area contributed by atoms with E-state index in [9.17, 15) is 4.79 Å². The van der Waals surface area contributed by atoms with Crippen molar-refractivity contribution in [3.63, 3.8) is 0 Å². The number of rotatable bonds is 6. The monoisotopic (exact) mass is 267 g/mol. The summed E-state index contributed by atoms with van der Waals surface area (Å²) in [6.07, 6.45) is 4.63. The molecule has 1 saturated heterocycles. The van der Waals surface area contributed by atoms with E-state index in [1.165, 1.54) is 12.8 Å². The lowest BCUT2D eigenvalue weighted by Gasteiger charge is -2.24. The Hall–Kier alpha value is -0.610. The maximum atomic E-state index is 12.1. The Bertz CT molecular complexity index is 313. The molecule has 2 N–H and O–H groups in total. The zero-order valence-corrected chi connectivity index (χ0v) is 12.7. The fourth-order valence-corrected chi connectivity index (χ4v) is 3.21. The topological polar surface area (TPSA) is 44.4 Å². The third kappa shape index (κ3) is 3.48. The molecule has 2 unspecified atom stereocenters. The van der Waals surface area contributed by atoms with E-state index >= 15 is 0 Å². The maximum Gasteiger partial charge on any atom is 0.223 e. The van der Waals surface area contributed by atoms with Gasteiger partial charge in [0.1, 0.15) is 0 Å². The number of nitrogens with one attached hydrogen (secondary N) is 2. The first-order valence-corrected chi connectivity index (χ1v) is 7.78. The van der Waals surface area contributed by atoms with E-state index in [1.54, 1.807) is 0 Å². The molecule has 1 spiro atoms. The maximum absolute atomic E-state index is 12.1. The van der Waals surface area contributed by atoms with Gasteiger partial charge in [-0.05, 0) is 58.2 Å². The van der Waals surface area contributed by atoms with Crippen LogP contribution in [0.1, 0.15) is 39.5 Å². The van der Waals surface area contributed by atoms with Gasteiger partial charge < -0.3 is 15.5 Å². The van der Waals surface area contributed by atoms with Crippen LogP contribution in [0.2, 0.25) is 0 Å². The highest BCUT2D eigenvalue weighted by atomic mass is 16.2. The molecule has 0 radical (unpaired) electrons. The molecule has 1 amide bonds. The zero-order chi connectivity index (χ0) is 13.9. The third-order valence-corrected chi connectivity index (χ3v) is 5.21. The van der Waals surface area contributed by atoms with Gasteiger partial charge in [-0.1, -0.05) is 6.92 Å². The summed E-state index contributed by atoms with van der Waals surface area (Å²) in [6, 6.07) is 0.591. The smallest absolute Gasteiger partial charge is 0.223 e. The van der Waals surface area contributed by atoms with Crippen molar-refractivity contribution in [2.24, 2.45) is 11.3 Å². The molecule has 2 rings (SSSR count). The van der Waals surface area contributed by atoms with Gasteiger partial charge in [0.15, 0.2) is 0 Å². The summed E-state index contributed by atoms with van der Waals surface area (Å²) in [5, 5.41) is 6.50. The molecule has 1 aliphatic heterocycles. The molecule has 0 aromatic heterocycles. The second kappa shape index (κ2) is 6.23. The Morgan fingerprint density at radius 1 is 1.47 bits per heavy atom. The molecule has 0 aromatic carbocycles. The van der Waals surface area contributed by atoms with Crippen LogP contribution in [0.5, 0.6) is 0 Å². The summed E-state index contributed by atoms with van der Waals surface area (Å²) in [4.78, 5) is 14.5. The van der Waals surface area contributed by atoms with Crippen LogP contribution in [-0.2, 0) is 4.79 Å². The van der Waals surface area contributed by atoms with E-state index in [2.05, 4.69) is 36.4 Å². The van der Waals surface area contributed by atoms with Crippen LogP contribution in [0.4, 0.5) is 0 Å². The molecule has 1 aliphatic carbocycles. The number of hydrogen-bond acceptors (Lipinski definition) is 3. The molecule has 2 atom stereocenters. The summed E-state index contributed by atoms with van der Waals surface area (Å²) in [7, 11) is 2.13. The summed E-state index contributed by atoms with van der Waals surface area (Å²) in [6.45, 7) is 8.32. The highest BCUT2D eigenvalue weighted by Gasteiger charge is 2.57. The molecule has 110 valence electrons. The van der Waals surface area contributed by atoms with Crippen LogP contribution in [-0.4, -0.2) is 50.1 Å². The second-order valence-corrected chi connectivity index (χ2v) is 6.40. The number of carbonyl (C=O) groups excluding carboxylic acids is 1. The molecule has 19 heavy (non-hydrogen) atoms. The summed E-state index contributed by atoms with van der Waals surface area (Å²) >= 11 is 0. The minimum Gasteiger partial charge on any atom is -0.355 e. The third-order valence-electron chi connectivity index (χ3n) is 5.21. The molecule has 2 fully saturated rings. The van der Waals surface area contributed by atoms with Crippen LogP contribution in [0.15, 0.2) is 0 Å². The normalized spacial score (nSPS) is 26.4. The van der Waals surface area contributed by atoms with Crippen LogP contribution >= 0.6 is 0 Å². The number of likely N-dealkylation sites (N-methyl/N-ethyl adjacent to an activating group) is 1. The van der Waals surface area contributed by atoms with E-state index in [-0.39, 0.29) is 0 Å². The molecule has 2 aliphatic rings. The van der Waals surface area contributed by atoms with Gasteiger partial charge in [0.2, 0.25) is 5.91 Å². The van der Waals surface area contributed by atoms with Gasteiger partial charge >= 0.3 is 0 Å². The molecule has 4 heteroatoms.